The van der Waals surface area contributed by atoms with Crippen LogP contribution < -0.4 is 10.6 Å². The van der Waals surface area contributed by atoms with Crippen LogP contribution in [0.2, 0.25) is 0 Å². The minimum atomic E-state index is -1.05. The van der Waals surface area contributed by atoms with Gasteiger partial charge in [0, 0.05) is 26.7 Å². The lowest BCUT2D eigenvalue weighted by Gasteiger charge is -2.16. The molecule has 1 rings (SSSR count). The Morgan fingerprint density at radius 1 is 1.45 bits per heavy atom. The minimum absolute atomic E-state index is 0.254. The highest BCUT2D eigenvalue weighted by Crippen LogP contribution is 2.19. The number of allylic oxidation sites excluding steroid dienone is 1. The average molecular weight is 284 g/mol. The van der Waals surface area contributed by atoms with E-state index >= 15 is 0 Å². The summed E-state index contributed by atoms with van der Waals surface area (Å²) in [5, 5.41) is 14.1. The fourth-order valence-corrected chi connectivity index (χ4v) is 2.17. The molecular weight excluding hydrogens is 260 g/mol. The van der Waals surface area contributed by atoms with E-state index in [0.717, 1.165) is 19.3 Å². The van der Waals surface area contributed by atoms with Gasteiger partial charge in [0.15, 0.2) is 0 Å². The molecule has 0 aromatic carbocycles. The molecule has 0 radical (unpaired) electrons. The average Bonchev–Trinajstić information content (AvgIpc) is 2.44. The first kappa shape index (κ1) is 16.5. The Morgan fingerprint density at radius 2 is 2.25 bits per heavy atom. The van der Waals surface area contributed by atoms with Crippen molar-refractivity contribution >= 4 is 12.0 Å². The first-order valence-electron chi connectivity index (χ1n) is 7.07. The molecule has 1 unspecified atom stereocenters. The third-order valence-corrected chi connectivity index (χ3v) is 3.33. The monoisotopic (exact) mass is 284 g/mol. The molecule has 0 heterocycles. The molecule has 1 aliphatic rings. The number of amides is 2. The molecule has 6 nitrogen and oxygen atoms in total. The van der Waals surface area contributed by atoms with E-state index in [4.69, 9.17) is 9.84 Å². The van der Waals surface area contributed by atoms with E-state index < -0.39 is 18.0 Å². The molecule has 0 aromatic heterocycles. The quantitative estimate of drug-likeness (QED) is 0.592. The minimum Gasteiger partial charge on any atom is -0.480 e. The SMILES string of the molecule is COCCC(NC(=O)NCCC1=CCCCC1)C(=O)O. The van der Waals surface area contributed by atoms with Crippen LogP contribution in [0.3, 0.4) is 0 Å². The maximum atomic E-state index is 11.6. The zero-order chi connectivity index (χ0) is 14.8. The van der Waals surface area contributed by atoms with Crippen molar-refractivity contribution in [1.29, 1.82) is 0 Å². The number of hydrogen-bond acceptors (Lipinski definition) is 3. The second-order valence-electron chi connectivity index (χ2n) is 4.93. The Kier molecular flexibility index (Phi) is 7.72. The van der Waals surface area contributed by atoms with Crippen LogP contribution in [-0.4, -0.2) is 43.4 Å². The van der Waals surface area contributed by atoms with Gasteiger partial charge in [0.25, 0.3) is 0 Å². The van der Waals surface area contributed by atoms with Gasteiger partial charge in [-0.25, -0.2) is 9.59 Å². The molecule has 0 aliphatic heterocycles. The van der Waals surface area contributed by atoms with E-state index in [2.05, 4.69) is 16.7 Å². The zero-order valence-corrected chi connectivity index (χ0v) is 12.0. The summed E-state index contributed by atoms with van der Waals surface area (Å²) in [4.78, 5) is 22.6. The number of rotatable bonds is 8. The fourth-order valence-electron chi connectivity index (χ4n) is 2.17. The molecule has 1 atom stereocenters. The van der Waals surface area contributed by atoms with Gasteiger partial charge in [-0.2, -0.15) is 0 Å². The zero-order valence-electron chi connectivity index (χ0n) is 12.0. The number of ether oxygens (including phenoxy) is 1. The summed E-state index contributed by atoms with van der Waals surface area (Å²) < 4.78 is 4.82. The lowest BCUT2D eigenvalue weighted by atomic mass is 9.97. The van der Waals surface area contributed by atoms with Gasteiger partial charge in [0.2, 0.25) is 0 Å². The summed E-state index contributed by atoms with van der Waals surface area (Å²) in [6.07, 6.45) is 8.03. The van der Waals surface area contributed by atoms with Crippen LogP contribution >= 0.6 is 0 Å². The third kappa shape index (κ3) is 6.56. The van der Waals surface area contributed by atoms with Crippen molar-refractivity contribution in [1.82, 2.24) is 10.6 Å². The van der Waals surface area contributed by atoms with Crippen molar-refractivity contribution in [2.45, 2.75) is 44.6 Å². The predicted molar refractivity (Wildman–Crippen MR) is 75.6 cm³/mol. The van der Waals surface area contributed by atoms with Crippen LogP contribution in [0.25, 0.3) is 0 Å². The van der Waals surface area contributed by atoms with Crippen LogP contribution in [0, 0.1) is 0 Å². The number of carboxylic acids is 1. The smallest absolute Gasteiger partial charge is 0.326 e. The molecule has 0 fully saturated rings. The van der Waals surface area contributed by atoms with Gasteiger partial charge in [0.1, 0.15) is 6.04 Å². The first-order chi connectivity index (χ1) is 9.63. The van der Waals surface area contributed by atoms with Crippen LogP contribution in [0.1, 0.15) is 38.5 Å². The highest BCUT2D eigenvalue weighted by Gasteiger charge is 2.19. The molecular formula is C14H24N2O4. The molecule has 0 bridgehead atoms. The summed E-state index contributed by atoms with van der Waals surface area (Å²) in [5.41, 5.74) is 1.38. The van der Waals surface area contributed by atoms with E-state index in [1.54, 1.807) is 0 Å². The Morgan fingerprint density at radius 3 is 2.85 bits per heavy atom. The lowest BCUT2D eigenvalue weighted by Crippen LogP contribution is -2.46. The number of urea groups is 1. The Labute approximate surface area is 119 Å². The maximum absolute atomic E-state index is 11.6. The van der Waals surface area contributed by atoms with Crippen LogP contribution in [0.15, 0.2) is 11.6 Å². The Hall–Kier alpha value is -1.56. The highest BCUT2D eigenvalue weighted by atomic mass is 16.5. The van der Waals surface area contributed by atoms with E-state index in [9.17, 15) is 9.59 Å². The standard InChI is InChI=1S/C14H24N2O4/c1-20-10-8-12(13(17)18)16-14(19)15-9-7-11-5-3-2-4-6-11/h5,12H,2-4,6-10H2,1H3,(H,17,18)(H2,15,16,19). The van der Waals surface area contributed by atoms with Crippen molar-refractivity contribution in [2.24, 2.45) is 0 Å². The van der Waals surface area contributed by atoms with E-state index in [0.29, 0.717) is 13.2 Å². The second-order valence-corrected chi connectivity index (χ2v) is 4.93. The fraction of sp³-hybridized carbons (Fsp3) is 0.714. The number of nitrogens with one attached hydrogen (secondary N) is 2. The maximum Gasteiger partial charge on any atom is 0.326 e. The number of carbonyl (C=O) groups excluding carboxylic acids is 1. The topological polar surface area (TPSA) is 87.7 Å². The normalized spacial score (nSPS) is 16.1. The molecule has 20 heavy (non-hydrogen) atoms. The summed E-state index contributed by atoms with van der Waals surface area (Å²) in [7, 11) is 1.50. The molecule has 114 valence electrons. The molecule has 6 heteroatoms. The number of methoxy groups -OCH3 is 1. The van der Waals surface area contributed by atoms with Crippen molar-refractivity contribution in [2.75, 3.05) is 20.3 Å². The largest absolute Gasteiger partial charge is 0.480 e. The molecule has 0 saturated heterocycles. The summed E-state index contributed by atoms with van der Waals surface area (Å²) in [5.74, 6) is -1.05. The van der Waals surface area contributed by atoms with Crippen LogP contribution in [0.5, 0.6) is 0 Å². The lowest BCUT2D eigenvalue weighted by molar-refractivity contribution is -0.139. The van der Waals surface area contributed by atoms with Gasteiger partial charge in [-0.15, -0.1) is 0 Å². The van der Waals surface area contributed by atoms with Crippen molar-refractivity contribution < 1.29 is 19.4 Å². The highest BCUT2D eigenvalue weighted by molar-refractivity contribution is 5.82. The van der Waals surface area contributed by atoms with E-state index in [1.807, 2.05) is 0 Å². The number of aliphatic carboxylic acids is 1. The number of hydrogen-bond donors (Lipinski definition) is 3. The Balaban J connectivity index is 2.23. The second kappa shape index (κ2) is 9.36. The number of carbonyl (C=O) groups is 2. The molecule has 0 saturated carbocycles. The predicted octanol–water partition coefficient (Wildman–Crippen LogP) is 1.67. The summed E-state index contributed by atoms with van der Waals surface area (Å²) in [6, 6.07) is -1.35. The molecule has 0 aromatic rings. The number of carboxylic acid groups (broad SMARTS) is 1. The van der Waals surface area contributed by atoms with Crippen LogP contribution in [0.4, 0.5) is 4.79 Å². The molecule has 0 spiro atoms. The van der Waals surface area contributed by atoms with Gasteiger partial charge < -0.3 is 20.5 Å². The summed E-state index contributed by atoms with van der Waals surface area (Å²) in [6.45, 7) is 0.832. The summed E-state index contributed by atoms with van der Waals surface area (Å²) >= 11 is 0. The molecule has 1 aliphatic carbocycles. The van der Waals surface area contributed by atoms with Crippen molar-refractivity contribution in [3.63, 3.8) is 0 Å². The van der Waals surface area contributed by atoms with Gasteiger partial charge in [-0.3, -0.25) is 0 Å². The van der Waals surface area contributed by atoms with Gasteiger partial charge in [0.05, 0.1) is 0 Å². The first-order valence-corrected chi connectivity index (χ1v) is 7.07. The van der Waals surface area contributed by atoms with Gasteiger partial charge in [-0.05, 0) is 32.1 Å². The third-order valence-electron chi connectivity index (χ3n) is 3.33. The Bertz CT molecular complexity index is 355. The van der Waals surface area contributed by atoms with Gasteiger partial charge >= 0.3 is 12.0 Å². The van der Waals surface area contributed by atoms with Crippen molar-refractivity contribution in [3.05, 3.63) is 11.6 Å². The molecule has 3 N–H and O–H groups in total. The van der Waals surface area contributed by atoms with Crippen molar-refractivity contribution in [3.8, 4) is 0 Å². The van der Waals surface area contributed by atoms with Crippen LogP contribution in [-0.2, 0) is 9.53 Å². The van der Waals surface area contributed by atoms with E-state index in [-0.39, 0.29) is 6.42 Å². The van der Waals surface area contributed by atoms with E-state index in [1.165, 1.54) is 25.5 Å². The molecule has 2 amide bonds. The van der Waals surface area contributed by atoms with Gasteiger partial charge in [-0.1, -0.05) is 11.6 Å².